The molecule has 1 unspecified atom stereocenters. The molecule has 3 aromatic rings. The predicted molar refractivity (Wildman–Crippen MR) is 122 cm³/mol. The topological polar surface area (TPSA) is 59.2 Å². The zero-order chi connectivity index (χ0) is 21.8. The summed E-state index contributed by atoms with van der Waals surface area (Å²) < 4.78 is 5.94. The number of carbonyl (C=O) groups excluding carboxylic acids is 1. The Labute approximate surface area is 184 Å². The van der Waals surface area contributed by atoms with E-state index in [1.54, 1.807) is 0 Å². The highest BCUT2D eigenvalue weighted by Gasteiger charge is 2.30. The van der Waals surface area contributed by atoms with Gasteiger partial charge in [-0.1, -0.05) is 56.3 Å². The maximum atomic E-state index is 13.0. The van der Waals surface area contributed by atoms with E-state index < -0.39 is 0 Å². The molecule has 1 atom stereocenters. The van der Waals surface area contributed by atoms with Crippen molar-refractivity contribution in [3.63, 3.8) is 0 Å². The van der Waals surface area contributed by atoms with Crippen molar-refractivity contribution >= 4 is 5.78 Å². The van der Waals surface area contributed by atoms with Gasteiger partial charge in [0.25, 0.3) is 0 Å². The van der Waals surface area contributed by atoms with Crippen LogP contribution in [0.1, 0.15) is 61.5 Å². The zero-order valence-corrected chi connectivity index (χ0v) is 18.6. The molecule has 5 nitrogen and oxygen atoms in total. The van der Waals surface area contributed by atoms with E-state index in [-0.39, 0.29) is 17.7 Å². The van der Waals surface area contributed by atoms with Gasteiger partial charge < -0.3 is 4.42 Å². The second kappa shape index (κ2) is 9.56. The molecule has 0 saturated carbocycles. The lowest BCUT2D eigenvalue weighted by Gasteiger charge is -2.34. The second-order valence-corrected chi connectivity index (χ2v) is 8.96. The van der Waals surface area contributed by atoms with Gasteiger partial charge in [-0.05, 0) is 62.9 Å². The van der Waals surface area contributed by atoms with Gasteiger partial charge in [0.1, 0.15) is 0 Å². The van der Waals surface area contributed by atoms with Crippen LogP contribution in [0.25, 0.3) is 11.5 Å². The van der Waals surface area contributed by atoms with Crippen LogP contribution in [-0.2, 0) is 6.42 Å². The van der Waals surface area contributed by atoms with E-state index in [1.807, 2.05) is 42.5 Å². The number of ketones is 1. The molecule has 0 spiro atoms. The minimum absolute atomic E-state index is 0.0383. The van der Waals surface area contributed by atoms with Crippen LogP contribution in [-0.4, -0.2) is 34.0 Å². The maximum absolute atomic E-state index is 13.0. The third-order valence-electron chi connectivity index (χ3n) is 6.15. The van der Waals surface area contributed by atoms with Gasteiger partial charge in [0, 0.05) is 17.0 Å². The molecular formula is C26H31N3O2. The normalized spacial score (nSPS) is 16.5. The van der Waals surface area contributed by atoms with Gasteiger partial charge in [-0.15, -0.1) is 10.2 Å². The molecule has 4 rings (SSSR count). The summed E-state index contributed by atoms with van der Waals surface area (Å²) in [6.45, 7) is 8.23. The first kappa shape index (κ1) is 21.4. The Morgan fingerprint density at radius 2 is 1.68 bits per heavy atom. The minimum Gasteiger partial charge on any atom is -0.419 e. The Kier molecular flexibility index (Phi) is 6.62. The van der Waals surface area contributed by atoms with E-state index in [0.29, 0.717) is 17.7 Å². The van der Waals surface area contributed by atoms with Crippen LogP contribution in [0.5, 0.6) is 0 Å². The molecular weight excluding hydrogens is 386 g/mol. The number of carbonyl (C=O) groups is 1. The van der Waals surface area contributed by atoms with Gasteiger partial charge in [-0.3, -0.25) is 9.69 Å². The summed E-state index contributed by atoms with van der Waals surface area (Å²) in [5, 5.41) is 8.49. The Bertz CT molecular complexity index is 987. The van der Waals surface area contributed by atoms with Crippen molar-refractivity contribution in [2.24, 2.45) is 11.8 Å². The average molecular weight is 418 g/mol. The van der Waals surface area contributed by atoms with Crippen molar-refractivity contribution in [3.8, 4) is 11.5 Å². The molecule has 1 aliphatic rings. The number of hydrogen-bond acceptors (Lipinski definition) is 5. The molecule has 1 saturated heterocycles. The van der Waals surface area contributed by atoms with Crippen molar-refractivity contribution in [3.05, 3.63) is 71.6 Å². The fourth-order valence-electron chi connectivity index (χ4n) is 4.32. The standard InChI is InChI=1S/C26H31N3O2/c1-18(2)17-20-9-11-21(12-10-20)24(30)22-13-15-29(16-14-22)19(3)25-27-28-26(31-25)23-7-5-4-6-8-23/h4-12,18-19,22H,13-17H2,1-3H3. The number of aromatic nitrogens is 2. The minimum atomic E-state index is 0.0383. The molecule has 1 fully saturated rings. The number of rotatable bonds is 7. The summed E-state index contributed by atoms with van der Waals surface area (Å²) in [6.07, 6.45) is 2.76. The fraction of sp³-hybridized carbons (Fsp3) is 0.423. The van der Waals surface area contributed by atoms with Crippen LogP contribution in [0, 0.1) is 11.8 Å². The van der Waals surface area contributed by atoms with Crippen molar-refractivity contribution in [2.75, 3.05) is 13.1 Å². The molecule has 0 bridgehead atoms. The first-order chi connectivity index (χ1) is 15.0. The molecule has 0 radical (unpaired) electrons. The Morgan fingerprint density at radius 1 is 1.00 bits per heavy atom. The number of likely N-dealkylation sites (tertiary alicyclic amines) is 1. The number of piperidine rings is 1. The summed E-state index contributed by atoms with van der Waals surface area (Å²) in [4.78, 5) is 15.3. The van der Waals surface area contributed by atoms with E-state index in [4.69, 9.17) is 4.42 Å². The van der Waals surface area contributed by atoms with Crippen LogP contribution >= 0.6 is 0 Å². The van der Waals surface area contributed by atoms with Crippen molar-refractivity contribution in [1.82, 2.24) is 15.1 Å². The van der Waals surface area contributed by atoms with E-state index >= 15 is 0 Å². The molecule has 1 aliphatic heterocycles. The third-order valence-corrected chi connectivity index (χ3v) is 6.15. The monoisotopic (exact) mass is 417 g/mol. The van der Waals surface area contributed by atoms with E-state index in [0.717, 1.165) is 43.5 Å². The highest BCUT2D eigenvalue weighted by molar-refractivity contribution is 5.97. The number of benzene rings is 2. The lowest BCUT2D eigenvalue weighted by Crippen LogP contribution is -2.38. The van der Waals surface area contributed by atoms with Gasteiger partial charge in [0.05, 0.1) is 6.04 Å². The van der Waals surface area contributed by atoms with Crippen LogP contribution in [0.15, 0.2) is 59.0 Å². The van der Waals surface area contributed by atoms with Gasteiger partial charge in [0.2, 0.25) is 11.8 Å². The van der Waals surface area contributed by atoms with Gasteiger partial charge in [-0.25, -0.2) is 0 Å². The van der Waals surface area contributed by atoms with Gasteiger partial charge >= 0.3 is 0 Å². The highest BCUT2D eigenvalue weighted by Crippen LogP contribution is 2.29. The average Bonchev–Trinajstić information content (AvgIpc) is 3.29. The Hall–Kier alpha value is -2.79. The van der Waals surface area contributed by atoms with E-state index in [9.17, 15) is 4.79 Å². The fourth-order valence-corrected chi connectivity index (χ4v) is 4.32. The van der Waals surface area contributed by atoms with Crippen molar-refractivity contribution < 1.29 is 9.21 Å². The predicted octanol–water partition coefficient (Wildman–Crippen LogP) is 5.59. The maximum Gasteiger partial charge on any atom is 0.247 e. The van der Waals surface area contributed by atoms with Crippen LogP contribution in [0.4, 0.5) is 0 Å². The lowest BCUT2D eigenvalue weighted by atomic mass is 9.88. The van der Waals surface area contributed by atoms with E-state index in [2.05, 4.69) is 48.0 Å². The van der Waals surface area contributed by atoms with E-state index in [1.165, 1.54) is 5.56 Å². The molecule has 0 amide bonds. The van der Waals surface area contributed by atoms with Crippen LogP contribution < -0.4 is 0 Å². The third kappa shape index (κ3) is 5.10. The van der Waals surface area contributed by atoms with Crippen molar-refractivity contribution in [1.29, 1.82) is 0 Å². The Balaban J connectivity index is 1.34. The molecule has 1 aromatic heterocycles. The second-order valence-electron chi connectivity index (χ2n) is 8.96. The smallest absolute Gasteiger partial charge is 0.247 e. The van der Waals surface area contributed by atoms with Gasteiger partial charge in [-0.2, -0.15) is 0 Å². The van der Waals surface area contributed by atoms with Gasteiger partial charge in [0.15, 0.2) is 5.78 Å². The molecule has 0 N–H and O–H groups in total. The first-order valence-corrected chi connectivity index (χ1v) is 11.3. The number of nitrogens with zero attached hydrogens (tertiary/aromatic N) is 3. The largest absolute Gasteiger partial charge is 0.419 e. The summed E-state index contributed by atoms with van der Waals surface area (Å²) in [6, 6.07) is 18.1. The molecule has 2 heterocycles. The SMILES string of the molecule is CC(C)Cc1ccc(C(=O)C2CCN(C(C)c3nnc(-c4ccccc4)o3)CC2)cc1. The Morgan fingerprint density at radius 3 is 2.32 bits per heavy atom. The summed E-state index contributed by atoms with van der Waals surface area (Å²) in [5.41, 5.74) is 3.06. The molecule has 2 aromatic carbocycles. The molecule has 162 valence electrons. The zero-order valence-electron chi connectivity index (χ0n) is 18.6. The molecule has 0 aliphatic carbocycles. The number of hydrogen-bond donors (Lipinski definition) is 0. The van der Waals surface area contributed by atoms with Crippen LogP contribution in [0.2, 0.25) is 0 Å². The quantitative estimate of drug-likeness (QED) is 0.469. The molecule has 5 heteroatoms. The van der Waals surface area contributed by atoms with Crippen LogP contribution in [0.3, 0.4) is 0 Å². The van der Waals surface area contributed by atoms with Crippen molar-refractivity contribution in [2.45, 2.75) is 46.1 Å². The summed E-state index contributed by atoms with van der Waals surface area (Å²) >= 11 is 0. The summed E-state index contributed by atoms with van der Waals surface area (Å²) in [5.74, 6) is 2.16. The summed E-state index contributed by atoms with van der Waals surface area (Å²) in [7, 11) is 0. The number of Topliss-reactive ketones (excluding diaryl/α,β-unsaturated/α-hetero) is 1. The molecule has 31 heavy (non-hydrogen) atoms. The highest BCUT2D eigenvalue weighted by atomic mass is 16.4. The lowest BCUT2D eigenvalue weighted by molar-refractivity contribution is 0.0782. The first-order valence-electron chi connectivity index (χ1n) is 11.3.